The van der Waals surface area contributed by atoms with E-state index in [1.807, 2.05) is 26.0 Å². The highest BCUT2D eigenvalue weighted by molar-refractivity contribution is 5.78. The molecule has 0 aliphatic carbocycles. The Morgan fingerprint density at radius 1 is 1.33 bits per heavy atom. The summed E-state index contributed by atoms with van der Waals surface area (Å²) in [6.45, 7) is 8.51. The van der Waals surface area contributed by atoms with E-state index in [2.05, 4.69) is 17.1 Å². The molecule has 1 amide bonds. The Bertz CT molecular complexity index is 828. The van der Waals surface area contributed by atoms with Gasteiger partial charge in [-0.25, -0.2) is 4.98 Å². The van der Waals surface area contributed by atoms with E-state index in [4.69, 9.17) is 14.1 Å². The molecule has 1 aromatic heterocycles. The number of carbonyl (C=O) groups excluding carboxylic acids is 1. The summed E-state index contributed by atoms with van der Waals surface area (Å²) in [7, 11) is 3.38. The van der Waals surface area contributed by atoms with Gasteiger partial charge < -0.3 is 14.5 Å². The van der Waals surface area contributed by atoms with Crippen LogP contribution in [-0.4, -0.2) is 43.0 Å². The predicted molar refractivity (Wildman–Crippen MR) is 105 cm³/mol. The monoisotopic (exact) mass is 371 g/mol. The van der Waals surface area contributed by atoms with E-state index >= 15 is 0 Å². The summed E-state index contributed by atoms with van der Waals surface area (Å²) in [5.41, 5.74) is 4.14. The molecule has 1 aliphatic heterocycles. The molecule has 3 rings (SSSR count). The third kappa shape index (κ3) is 4.00. The van der Waals surface area contributed by atoms with E-state index in [0.717, 1.165) is 59.8 Å². The van der Waals surface area contributed by atoms with E-state index in [1.54, 1.807) is 14.2 Å². The van der Waals surface area contributed by atoms with Gasteiger partial charge in [-0.1, -0.05) is 0 Å². The molecule has 1 fully saturated rings. The first-order chi connectivity index (χ1) is 12.9. The number of likely N-dealkylation sites (tertiary alicyclic amines) is 1. The minimum atomic E-state index is 0.0573. The lowest BCUT2D eigenvalue weighted by molar-refractivity contribution is -0.126. The molecule has 1 saturated heterocycles. The fourth-order valence-corrected chi connectivity index (χ4v) is 3.77. The maximum Gasteiger partial charge on any atom is 0.226 e. The van der Waals surface area contributed by atoms with Crippen LogP contribution in [0.3, 0.4) is 0 Å². The number of aromatic nitrogens is 1. The molecule has 0 spiro atoms. The summed E-state index contributed by atoms with van der Waals surface area (Å²) >= 11 is 0. The lowest BCUT2D eigenvalue weighted by Gasteiger charge is -2.31. The molecule has 1 atom stereocenters. The topological polar surface area (TPSA) is 67.6 Å². The summed E-state index contributed by atoms with van der Waals surface area (Å²) in [6, 6.07) is 3.95. The Kier molecular flexibility index (Phi) is 5.85. The van der Waals surface area contributed by atoms with Crippen molar-refractivity contribution in [1.82, 2.24) is 15.2 Å². The second-order valence-corrected chi connectivity index (χ2v) is 7.28. The Morgan fingerprint density at radius 2 is 2.11 bits per heavy atom. The van der Waals surface area contributed by atoms with Gasteiger partial charge in [-0.05, 0) is 63.4 Å². The van der Waals surface area contributed by atoms with Gasteiger partial charge in [0.15, 0.2) is 0 Å². The third-order valence-electron chi connectivity index (χ3n) is 5.58. The molecule has 0 unspecified atom stereocenters. The maximum atomic E-state index is 12.0. The van der Waals surface area contributed by atoms with Crippen LogP contribution in [0.15, 0.2) is 16.5 Å². The average Bonchev–Trinajstić information content (AvgIpc) is 3.03. The van der Waals surface area contributed by atoms with Crippen molar-refractivity contribution in [3.8, 4) is 17.2 Å². The van der Waals surface area contributed by atoms with E-state index in [1.165, 1.54) is 0 Å². The minimum absolute atomic E-state index is 0.0573. The van der Waals surface area contributed by atoms with Crippen molar-refractivity contribution < 1.29 is 13.9 Å². The fourth-order valence-electron chi connectivity index (χ4n) is 3.77. The first kappa shape index (κ1) is 19.4. The van der Waals surface area contributed by atoms with Crippen LogP contribution >= 0.6 is 0 Å². The van der Waals surface area contributed by atoms with Crippen LogP contribution in [0.2, 0.25) is 0 Å². The second-order valence-electron chi connectivity index (χ2n) is 7.28. The van der Waals surface area contributed by atoms with Crippen molar-refractivity contribution in [3.05, 3.63) is 34.7 Å². The number of piperidine rings is 1. The number of benzene rings is 1. The maximum absolute atomic E-state index is 12.0. The molecule has 0 radical (unpaired) electrons. The van der Waals surface area contributed by atoms with Crippen molar-refractivity contribution in [2.75, 3.05) is 27.2 Å². The Labute approximate surface area is 160 Å². The second kappa shape index (κ2) is 8.13. The van der Waals surface area contributed by atoms with E-state index in [0.29, 0.717) is 12.4 Å². The van der Waals surface area contributed by atoms with Gasteiger partial charge >= 0.3 is 0 Å². The van der Waals surface area contributed by atoms with Gasteiger partial charge in [-0.3, -0.25) is 9.69 Å². The van der Waals surface area contributed by atoms with E-state index < -0.39 is 0 Å². The standard InChI is InChI=1S/C21H29N3O3/c1-13-14(2)19(26-5)9-8-17(13)21-23-18(15(3)27-21)12-24-10-6-7-16(11-24)20(25)22-4/h8-9,16H,6-7,10-12H2,1-5H3,(H,22,25)/t16-/m1/s1. The molecular formula is C21H29N3O3. The highest BCUT2D eigenvalue weighted by Crippen LogP contribution is 2.32. The summed E-state index contributed by atoms with van der Waals surface area (Å²) in [5.74, 6) is 2.53. The van der Waals surface area contributed by atoms with Crippen LogP contribution in [0.4, 0.5) is 0 Å². The molecule has 146 valence electrons. The molecule has 1 aromatic carbocycles. The number of nitrogens with one attached hydrogen (secondary N) is 1. The summed E-state index contributed by atoms with van der Waals surface area (Å²) in [4.78, 5) is 19.0. The summed E-state index contributed by atoms with van der Waals surface area (Å²) in [5, 5.41) is 2.77. The third-order valence-corrected chi connectivity index (χ3v) is 5.58. The van der Waals surface area contributed by atoms with E-state index in [-0.39, 0.29) is 11.8 Å². The van der Waals surface area contributed by atoms with Crippen LogP contribution in [0, 0.1) is 26.7 Å². The van der Waals surface area contributed by atoms with E-state index in [9.17, 15) is 4.79 Å². The lowest BCUT2D eigenvalue weighted by Crippen LogP contribution is -2.41. The average molecular weight is 371 g/mol. The molecular weight excluding hydrogens is 342 g/mol. The van der Waals surface area contributed by atoms with Crippen molar-refractivity contribution >= 4 is 5.91 Å². The quantitative estimate of drug-likeness (QED) is 0.874. The highest BCUT2D eigenvalue weighted by atomic mass is 16.5. The van der Waals surface area contributed by atoms with Gasteiger partial charge in [-0.15, -0.1) is 0 Å². The van der Waals surface area contributed by atoms with Crippen LogP contribution in [-0.2, 0) is 11.3 Å². The van der Waals surface area contributed by atoms with Crippen molar-refractivity contribution in [3.63, 3.8) is 0 Å². The van der Waals surface area contributed by atoms with Gasteiger partial charge in [0, 0.05) is 25.7 Å². The normalized spacial score (nSPS) is 17.7. The number of hydrogen-bond acceptors (Lipinski definition) is 5. The number of methoxy groups -OCH3 is 1. The summed E-state index contributed by atoms with van der Waals surface area (Å²) < 4.78 is 11.4. The number of amides is 1. The molecule has 2 aromatic rings. The van der Waals surface area contributed by atoms with Crippen LogP contribution in [0.25, 0.3) is 11.5 Å². The zero-order chi connectivity index (χ0) is 19.6. The minimum Gasteiger partial charge on any atom is -0.496 e. The first-order valence-electron chi connectivity index (χ1n) is 9.49. The lowest BCUT2D eigenvalue weighted by atomic mass is 9.97. The van der Waals surface area contributed by atoms with Crippen LogP contribution in [0.1, 0.15) is 35.4 Å². The van der Waals surface area contributed by atoms with Gasteiger partial charge in [0.2, 0.25) is 11.8 Å². The molecule has 27 heavy (non-hydrogen) atoms. The molecule has 0 saturated carbocycles. The largest absolute Gasteiger partial charge is 0.496 e. The van der Waals surface area contributed by atoms with Gasteiger partial charge in [0.1, 0.15) is 11.5 Å². The number of carbonyl (C=O) groups is 1. The number of nitrogens with zero attached hydrogens (tertiary/aromatic N) is 2. The van der Waals surface area contributed by atoms with Crippen LogP contribution in [0.5, 0.6) is 5.75 Å². The number of aryl methyl sites for hydroxylation is 1. The van der Waals surface area contributed by atoms with Gasteiger partial charge in [-0.2, -0.15) is 0 Å². The fraction of sp³-hybridized carbons (Fsp3) is 0.524. The van der Waals surface area contributed by atoms with Crippen molar-refractivity contribution in [2.24, 2.45) is 5.92 Å². The molecule has 1 N–H and O–H groups in total. The number of ether oxygens (including phenoxy) is 1. The molecule has 6 heteroatoms. The van der Waals surface area contributed by atoms with Gasteiger partial charge in [0.25, 0.3) is 0 Å². The smallest absolute Gasteiger partial charge is 0.226 e. The van der Waals surface area contributed by atoms with Crippen LogP contribution < -0.4 is 10.1 Å². The molecule has 2 heterocycles. The Morgan fingerprint density at radius 3 is 2.81 bits per heavy atom. The first-order valence-corrected chi connectivity index (χ1v) is 9.49. The Balaban J connectivity index is 1.79. The Hall–Kier alpha value is -2.34. The number of oxazole rings is 1. The zero-order valence-electron chi connectivity index (χ0n) is 16.9. The summed E-state index contributed by atoms with van der Waals surface area (Å²) in [6.07, 6.45) is 1.97. The predicted octanol–water partition coefficient (Wildman–Crippen LogP) is 3.23. The molecule has 1 aliphatic rings. The molecule has 0 bridgehead atoms. The SMILES string of the molecule is CNC(=O)[C@@H]1CCCN(Cc2nc(-c3ccc(OC)c(C)c3C)oc2C)C1. The zero-order valence-corrected chi connectivity index (χ0v) is 16.9. The van der Waals surface area contributed by atoms with Gasteiger partial charge in [0.05, 0.1) is 18.7 Å². The van der Waals surface area contributed by atoms with Crippen molar-refractivity contribution in [2.45, 2.75) is 40.2 Å². The highest BCUT2D eigenvalue weighted by Gasteiger charge is 2.26. The number of hydrogen-bond donors (Lipinski definition) is 1. The van der Waals surface area contributed by atoms with Crippen molar-refractivity contribution in [1.29, 1.82) is 0 Å². The number of rotatable bonds is 5. The molecule has 6 nitrogen and oxygen atoms in total.